The molecule has 21 heavy (non-hydrogen) atoms. The second-order valence-corrected chi connectivity index (χ2v) is 5.87. The van der Waals surface area contributed by atoms with Gasteiger partial charge in [0.1, 0.15) is 12.4 Å². The van der Waals surface area contributed by atoms with Crippen LogP contribution in [0, 0.1) is 6.92 Å². The van der Waals surface area contributed by atoms with Crippen LogP contribution in [0.5, 0.6) is 5.75 Å². The van der Waals surface area contributed by atoms with Crippen LogP contribution in [0.3, 0.4) is 0 Å². The van der Waals surface area contributed by atoms with Crippen molar-refractivity contribution in [3.05, 3.63) is 45.2 Å². The van der Waals surface area contributed by atoms with Gasteiger partial charge in [0, 0.05) is 16.6 Å². The van der Waals surface area contributed by atoms with Crippen molar-refractivity contribution in [2.45, 2.75) is 47.0 Å². The monoisotopic (exact) mass is 352 g/mol. The third-order valence-electron chi connectivity index (χ3n) is 3.43. The number of hydrogen-bond acceptors (Lipinski definition) is 3. The van der Waals surface area contributed by atoms with Gasteiger partial charge in [-0.3, -0.25) is 4.68 Å². The maximum Gasteiger partial charge on any atom is 0.130 e. The molecule has 1 N–H and O–H groups in total. The van der Waals surface area contributed by atoms with Gasteiger partial charge in [0.05, 0.1) is 18.0 Å². The van der Waals surface area contributed by atoms with Crippen molar-refractivity contribution >= 4 is 15.9 Å². The quantitative estimate of drug-likeness (QED) is 0.863. The molecule has 0 radical (unpaired) electrons. The summed E-state index contributed by atoms with van der Waals surface area (Å²) in [6, 6.07) is 5.95. The molecule has 0 aliphatic carbocycles. The number of aryl methyl sites for hydroxylation is 3. The first-order chi connectivity index (χ1) is 10.1. The largest absolute Gasteiger partial charge is 0.487 e. The molecule has 0 saturated heterocycles. The van der Waals surface area contributed by atoms with Gasteiger partial charge in [-0.2, -0.15) is 5.10 Å². The second-order valence-electron chi connectivity index (χ2n) is 4.95. The number of aliphatic hydroxyl groups excluding tert-OH is 1. The highest BCUT2D eigenvalue weighted by Crippen LogP contribution is 2.29. The third-order valence-corrected chi connectivity index (χ3v) is 3.88. The summed E-state index contributed by atoms with van der Waals surface area (Å²) in [6.45, 7) is 7.38. The summed E-state index contributed by atoms with van der Waals surface area (Å²) >= 11 is 3.44. The molecular formula is C16H21BrN2O2. The fourth-order valence-electron chi connectivity index (χ4n) is 2.35. The van der Waals surface area contributed by atoms with Gasteiger partial charge in [0.15, 0.2) is 0 Å². The van der Waals surface area contributed by atoms with Crippen molar-refractivity contribution in [2.24, 2.45) is 0 Å². The standard InChI is InChI=1S/C16H21BrN2O2/c1-4-14-8-15(19(5-2)18-14)10-21-16-11(3)6-13(17)7-12(16)9-20/h6-8,20H,4-5,9-10H2,1-3H3. The van der Waals surface area contributed by atoms with E-state index in [1.807, 2.05) is 23.7 Å². The van der Waals surface area contributed by atoms with Gasteiger partial charge in [-0.15, -0.1) is 0 Å². The van der Waals surface area contributed by atoms with E-state index in [2.05, 4.69) is 40.9 Å². The van der Waals surface area contributed by atoms with Crippen LogP contribution in [0.15, 0.2) is 22.7 Å². The predicted octanol–water partition coefficient (Wildman–Crippen LogP) is 3.61. The van der Waals surface area contributed by atoms with Crippen LogP contribution < -0.4 is 4.74 Å². The summed E-state index contributed by atoms with van der Waals surface area (Å²) in [4.78, 5) is 0. The zero-order valence-corrected chi connectivity index (χ0v) is 14.3. The van der Waals surface area contributed by atoms with E-state index in [0.29, 0.717) is 6.61 Å². The Kier molecular flexibility index (Phi) is 5.42. The van der Waals surface area contributed by atoms with Gasteiger partial charge < -0.3 is 9.84 Å². The highest BCUT2D eigenvalue weighted by molar-refractivity contribution is 9.10. The molecule has 2 aromatic rings. The van der Waals surface area contributed by atoms with E-state index in [-0.39, 0.29) is 6.61 Å². The van der Waals surface area contributed by atoms with Gasteiger partial charge in [-0.05, 0) is 44.0 Å². The number of aliphatic hydroxyl groups is 1. The molecule has 0 bridgehead atoms. The van der Waals surface area contributed by atoms with Crippen LogP contribution >= 0.6 is 15.9 Å². The number of benzene rings is 1. The molecule has 1 heterocycles. The van der Waals surface area contributed by atoms with E-state index in [1.54, 1.807) is 0 Å². The van der Waals surface area contributed by atoms with Crippen LogP contribution in [0.4, 0.5) is 0 Å². The summed E-state index contributed by atoms with van der Waals surface area (Å²) in [5.74, 6) is 0.752. The number of nitrogens with zero attached hydrogens (tertiary/aromatic N) is 2. The van der Waals surface area contributed by atoms with Crippen molar-refractivity contribution in [2.75, 3.05) is 0 Å². The summed E-state index contributed by atoms with van der Waals surface area (Å²) in [5.41, 5.74) is 3.93. The van der Waals surface area contributed by atoms with E-state index >= 15 is 0 Å². The maximum absolute atomic E-state index is 9.49. The number of hydrogen-bond donors (Lipinski definition) is 1. The first-order valence-corrected chi connectivity index (χ1v) is 7.96. The normalized spacial score (nSPS) is 10.9. The molecular weight excluding hydrogens is 332 g/mol. The molecule has 0 amide bonds. The van der Waals surface area contributed by atoms with Crippen molar-refractivity contribution < 1.29 is 9.84 Å². The molecule has 0 fully saturated rings. The fourth-order valence-corrected chi connectivity index (χ4v) is 2.97. The Morgan fingerprint density at radius 2 is 2.05 bits per heavy atom. The number of rotatable bonds is 6. The Balaban J connectivity index is 2.22. The lowest BCUT2D eigenvalue weighted by Crippen LogP contribution is -2.07. The van der Waals surface area contributed by atoms with Gasteiger partial charge in [-0.1, -0.05) is 22.9 Å². The lowest BCUT2D eigenvalue weighted by molar-refractivity contribution is 0.253. The molecule has 1 aromatic heterocycles. The lowest BCUT2D eigenvalue weighted by atomic mass is 10.1. The highest BCUT2D eigenvalue weighted by Gasteiger charge is 2.11. The first kappa shape index (κ1) is 16.0. The summed E-state index contributed by atoms with van der Waals surface area (Å²) in [5, 5.41) is 14.0. The van der Waals surface area contributed by atoms with Crippen LogP contribution in [0.2, 0.25) is 0 Å². The van der Waals surface area contributed by atoms with Crippen molar-refractivity contribution in [3.8, 4) is 5.75 Å². The minimum absolute atomic E-state index is 0.0388. The predicted molar refractivity (Wildman–Crippen MR) is 86.4 cm³/mol. The van der Waals surface area contributed by atoms with Gasteiger partial charge in [-0.25, -0.2) is 0 Å². The fraction of sp³-hybridized carbons (Fsp3) is 0.438. The molecule has 0 atom stereocenters. The van der Waals surface area contributed by atoms with E-state index < -0.39 is 0 Å². The molecule has 0 aliphatic rings. The molecule has 4 nitrogen and oxygen atoms in total. The van der Waals surface area contributed by atoms with E-state index in [0.717, 1.165) is 45.7 Å². The Hall–Kier alpha value is -1.33. The topological polar surface area (TPSA) is 47.3 Å². The number of ether oxygens (including phenoxy) is 1. The molecule has 114 valence electrons. The third kappa shape index (κ3) is 3.66. The molecule has 0 unspecified atom stereocenters. The van der Waals surface area contributed by atoms with Crippen molar-refractivity contribution in [1.29, 1.82) is 0 Å². The summed E-state index contributed by atoms with van der Waals surface area (Å²) in [7, 11) is 0. The summed E-state index contributed by atoms with van der Waals surface area (Å²) in [6.07, 6.45) is 0.916. The van der Waals surface area contributed by atoms with E-state index in [9.17, 15) is 5.11 Å². The van der Waals surface area contributed by atoms with E-state index in [1.165, 1.54) is 0 Å². The van der Waals surface area contributed by atoms with Gasteiger partial charge in [0.2, 0.25) is 0 Å². The van der Waals surface area contributed by atoms with Crippen LogP contribution in [0.25, 0.3) is 0 Å². The zero-order valence-electron chi connectivity index (χ0n) is 12.7. The molecule has 1 aromatic carbocycles. The Bertz CT molecular complexity index is 623. The first-order valence-electron chi connectivity index (χ1n) is 7.17. The molecule has 0 saturated carbocycles. The molecule has 2 rings (SSSR count). The maximum atomic E-state index is 9.49. The number of halogens is 1. The SMILES string of the molecule is CCc1cc(COc2c(C)cc(Br)cc2CO)n(CC)n1. The minimum Gasteiger partial charge on any atom is -0.487 e. The van der Waals surface area contributed by atoms with E-state index in [4.69, 9.17) is 4.74 Å². The van der Waals surface area contributed by atoms with Gasteiger partial charge in [0.25, 0.3) is 0 Å². The van der Waals surface area contributed by atoms with Crippen LogP contribution in [-0.4, -0.2) is 14.9 Å². The molecule has 5 heteroatoms. The zero-order chi connectivity index (χ0) is 15.4. The number of aromatic nitrogens is 2. The van der Waals surface area contributed by atoms with Crippen LogP contribution in [-0.2, 0) is 26.2 Å². The Labute approximate surface area is 133 Å². The second kappa shape index (κ2) is 7.09. The smallest absolute Gasteiger partial charge is 0.130 e. The average Bonchev–Trinajstić information content (AvgIpc) is 2.88. The van der Waals surface area contributed by atoms with Crippen molar-refractivity contribution in [3.63, 3.8) is 0 Å². The van der Waals surface area contributed by atoms with Crippen LogP contribution in [0.1, 0.15) is 36.4 Å². The molecule has 0 spiro atoms. The minimum atomic E-state index is -0.0388. The van der Waals surface area contributed by atoms with Gasteiger partial charge >= 0.3 is 0 Å². The van der Waals surface area contributed by atoms with Crippen molar-refractivity contribution in [1.82, 2.24) is 9.78 Å². The average molecular weight is 353 g/mol. The Morgan fingerprint density at radius 3 is 2.67 bits per heavy atom. The summed E-state index contributed by atoms with van der Waals surface area (Å²) < 4.78 is 8.87. The molecule has 0 aliphatic heterocycles. The lowest BCUT2D eigenvalue weighted by Gasteiger charge is -2.14. The Morgan fingerprint density at radius 1 is 1.29 bits per heavy atom. The highest BCUT2D eigenvalue weighted by atomic mass is 79.9.